The lowest BCUT2D eigenvalue weighted by Gasteiger charge is -2.25. The van der Waals surface area contributed by atoms with E-state index in [2.05, 4.69) is 27.9 Å². The average molecular weight is 216 g/mol. The summed E-state index contributed by atoms with van der Waals surface area (Å²) in [5, 5.41) is 3.17. The fraction of sp³-hybridized carbons (Fsp3) is 0.625. The maximum atomic E-state index is 5.27. The molecule has 2 rings (SSSR count). The summed E-state index contributed by atoms with van der Waals surface area (Å²) in [4.78, 5) is 6.73. The van der Waals surface area contributed by atoms with Crippen LogP contribution in [0.25, 0.3) is 0 Å². The molecule has 0 atom stereocenters. The Bertz CT molecular complexity index is 271. The molecule has 0 spiro atoms. The first kappa shape index (κ1) is 9.30. The number of hydrogen-bond acceptors (Lipinski definition) is 5. The number of rotatable bonds is 2. The first-order valence-electron chi connectivity index (χ1n) is 4.28. The summed E-state index contributed by atoms with van der Waals surface area (Å²) in [5.74, 6) is 0.723. The van der Waals surface area contributed by atoms with Crippen molar-refractivity contribution in [2.24, 2.45) is 0 Å². The Morgan fingerprint density at radius 2 is 2.31 bits per heavy atom. The van der Waals surface area contributed by atoms with E-state index < -0.39 is 0 Å². The first-order valence-corrected chi connectivity index (χ1v) is 5.79. The minimum Gasteiger partial charge on any atom is -0.378 e. The van der Waals surface area contributed by atoms with Crippen LogP contribution in [0.1, 0.15) is 5.69 Å². The fourth-order valence-corrected chi connectivity index (χ4v) is 2.43. The second-order valence-corrected chi connectivity index (χ2v) is 4.03. The number of nitrogens with zero attached hydrogens (tertiary/aromatic N) is 2. The zero-order valence-corrected chi connectivity index (χ0v) is 8.98. The van der Waals surface area contributed by atoms with Crippen LogP contribution in [0.5, 0.6) is 0 Å². The van der Waals surface area contributed by atoms with E-state index >= 15 is 0 Å². The molecular formula is C8H12N2OS2. The molecule has 1 fully saturated rings. The fourth-order valence-electron chi connectivity index (χ4n) is 1.27. The lowest BCUT2D eigenvalue weighted by Crippen LogP contribution is -2.36. The predicted molar refractivity (Wildman–Crippen MR) is 57.8 cm³/mol. The van der Waals surface area contributed by atoms with E-state index in [1.165, 1.54) is 0 Å². The van der Waals surface area contributed by atoms with Crippen LogP contribution in [-0.4, -0.2) is 31.3 Å². The summed E-state index contributed by atoms with van der Waals surface area (Å²) in [6.45, 7) is 3.55. The quantitative estimate of drug-likeness (QED) is 0.757. The molecule has 72 valence electrons. The van der Waals surface area contributed by atoms with Crippen molar-refractivity contribution in [2.75, 3.05) is 31.2 Å². The molecule has 3 nitrogen and oxygen atoms in total. The molecule has 1 saturated heterocycles. The molecule has 0 aliphatic carbocycles. The lowest BCUT2D eigenvalue weighted by molar-refractivity contribution is 0.122. The van der Waals surface area contributed by atoms with Crippen LogP contribution >= 0.6 is 24.0 Å². The van der Waals surface area contributed by atoms with Gasteiger partial charge in [-0.15, -0.1) is 11.3 Å². The van der Waals surface area contributed by atoms with Crippen molar-refractivity contribution < 1.29 is 4.74 Å². The van der Waals surface area contributed by atoms with Gasteiger partial charge in [-0.2, -0.15) is 12.6 Å². The van der Waals surface area contributed by atoms with Gasteiger partial charge < -0.3 is 9.64 Å². The number of thiol groups is 1. The number of hydrogen-bond donors (Lipinski definition) is 1. The highest BCUT2D eigenvalue weighted by Gasteiger charge is 2.13. The highest BCUT2D eigenvalue weighted by molar-refractivity contribution is 7.79. The van der Waals surface area contributed by atoms with Crippen LogP contribution in [0.15, 0.2) is 5.38 Å². The van der Waals surface area contributed by atoms with Crippen LogP contribution in [0.4, 0.5) is 5.13 Å². The number of ether oxygens (including phenoxy) is 1. The van der Waals surface area contributed by atoms with Gasteiger partial charge in [0.05, 0.1) is 18.9 Å². The Morgan fingerprint density at radius 1 is 1.54 bits per heavy atom. The zero-order valence-electron chi connectivity index (χ0n) is 7.27. The third-order valence-corrected chi connectivity index (χ3v) is 3.26. The number of morpholine rings is 1. The molecule has 0 aromatic carbocycles. The van der Waals surface area contributed by atoms with Crippen LogP contribution in [0, 0.1) is 0 Å². The second kappa shape index (κ2) is 4.30. The largest absolute Gasteiger partial charge is 0.378 e. The van der Waals surface area contributed by atoms with Gasteiger partial charge in [-0.1, -0.05) is 0 Å². The molecule has 1 aromatic rings. The first-order chi connectivity index (χ1) is 6.40. The topological polar surface area (TPSA) is 25.4 Å². The number of thiazole rings is 1. The maximum absolute atomic E-state index is 5.27. The summed E-state index contributed by atoms with van der Waals surface area (Å²) in [5.41, 5.74) is 1.06. The summed E-state index contributed by atoms with van der Waals surface area (Å²) < 4.78 is 5.27. The average Bonchev–Trinajstić information content (AvgIpc) is 2.67. The monoisotopic (exact) mass is 216 g/mol. The van der Waals surface area contributed by atoms with Crippen molar-refractivity contribution in [3.63, 3.8) is 0 Å². The zero-order chi connectivity index (χ0) is 9.10. The molecule has 13 heavy (non-hydrogen) atoms. The lowest BCUT2D eigenvalue weighted by atomic mass is 10.5. The Labute approximate surface area is 87.1 Å². The highest BCUT2D eigenvalue weighted by atomic mass is 32.1. The molecule has 1 aliphatic heterocycles. The summed E-state index contributed by atoms with van der Waals surface area (Å²) in [6.07, 6.45) is 0. The summed E-state index contributed by atoms with van der Waals surface area (Å²) in [6, 6.07) is 0. The molecular weight excluding hydrogens is 204 g/mol. The van der Waals surface area contributed by atoms with Gasteiger partial charge in [0.15, 0.2) is 5.13 Å². The molecule has 5 heteroatoms. The second-order valence-electron chi connectivity index (χ2n) is 2.88. The third-order valence-electron chi connectivity index (χ3n) is 1.98. The Hall–Kier alpha value is -0.260. The molecule has 0 N–H and O–H groups in total. The van der Waals surface area contributed by atoms with E-state index in [1.807, 2.05) is 0 Å². The molecule has 0 bridgehead atoms. The van der Waals surface area contributed by atoms with Gasteiger partial charge in [0, 0.05) is 24.2 Å². The molecule has 0 amide bonds. The number of anilines is 1. The normalized spacial score (nSPS) is 17.8. The molecule has 0 unspecified atom stereocenters. The molecule has 2 heterocycles. The Morgan fingerprint density at radius 3 is 2.92 bits per heavy atom. The Kier molecular flexibility index (Phi) is 3.08. The van der Waals surface area contributed by atoms with E-state index in [9.17, 15) is 0 Å². The van der Waals surface area contributed by atoms with Crippen molar-refractivity contribution in [1.29, 1.82) is 0 Å². The van der Waals surface area contributed by atoms with E-state index in [-0.39, 0.29) is 0 Å². The van der Waals surface area contributed by atoms with Crippen LogP contribution < -0.4 is 4.90 Å². The summed E-state index contributed by atoms with van der Waals surface area (Å²) in [7, 11) is 0. The SMILES string of the molecule is SCc1csc(N2CCOCC2)n1. The molecule has 1 aliphatic rings. The van der Waals surface area contributed by atoms with Gasteiger partial charge in [0.1, 0.15) is 0 Å². The van der Waals surface area contributed by atoms with E-state index in [0.717, 1.165) is 42.9 Å². The molecule has 1 aromatic heterocycles. The molecule has 0 radical (unpaired) electrons. The summed E-state index contributed by atoms with van der Waals surface area (Å²) >= 11 is 5.88. The van der Waals surface area contributed by atoms with Crippen molar-refractivity contribution in [2.45, 2.75) is 5.75 Å². The molecule has 0 saturated carbocycles. The van der Waals surface area contributed by atoms with E-state index in [0.29, 0.717) is 0 Å². The van der Waals surface area contributed by atoms with Gasteiger partial charge in [0.25, 0.3) is 0 Å². The third kappa shape index (κ3) is 2.15. The van der Waals surface area contributed by atoms with Gasteiger partial charge in [-0.25, -0.2) is 4.98 Å². The standard InChI is InChI=1S/C8H12N2OS2/c12-5-7-6-13-8(9-7)10-1-3-11-4-2-10/h6,12H,1-5H2. The van der Waals surface area contributed by atoms with Gasteiger partial charge >= 0.3 is 0 Å². The Balaban J connectivity index is 2.05. The van der Waals surface area contributed by atoms with Crippen molar-refractivity contribution >= 4 is 29.1 Å². The van der Waals surface area contributed by atoms with Crippen molar-refractivity contribution in [3.8, 4) is 0 Å². The number of aromatic nitrogens is 1. The van der Waals surface area contributed by atoms with Crippen LogP contribution in [0.2, 0.25) is 0 Å². The van der Waals surface area contributed by atoms with Crippen LogP contribution in [0.3, 0.4) is 0 Å². The minimum absolute atomic E-state index is 0.723. The smallest absolute Gasteiger partial charge is 0.185 e. The van der Waals surface area contributed by atoms with Crippen molar-refractivity contribution in [3.05, 3.63) is 11.1 Å². The van der Waals surface area contributed by atoms with Gasteiger partial charge in [0.2, 0.25) is 0 Å². The highest BCUT2D eigenvalue weighted by Crippen LogP contribution is 2.21. The minimum atomic E-state index is 0.723. The maximum Gasteiger partial charge on any atom is 0.185 e. The van der Waals surface area contributed by atoms with E-state index in [4.69, 9.17) is 4.74 Å². The van der Waals surface area contributed by atoms with E-state index in [1.54, 1.807) is 11.3 Å². The van der Waals surface area contributed by atoms with Gasteiger partial charge in [-0.3, -0.25) is 0 Å². The van der Waals surface area contributed by atoms with Gasteiger partial charge in [-0.05, 0) is 0 Å². The predicted octanol–water partition coefficient (Wildman–Crippen LogP) is 1.41. The van der Waals surface area contributed by atoms with Crippen LogP contribution in [-0.2, 0) is 10.5 Å². The van der Waals surface area contributed by atoms with Crippen molar-refractivity contribution in [1.82, 2.24) is 4.98 Å².